The molecule has 0 saturated carbocycles. The lowest BCUT2D eigenvalue weighted by Crippen LogP contribution is -2.46. The minimum atomic E-state index is -0.834. The molecular weight excluding hydrogens is 320 g/mol. The number of carbonyl (C=O) groups is 2. The Balaban J connectivity index is 1.50. The van der Waals surface area contributed by atoms with Crippen LogP contribution in [0.5, 0.6) is 0 Å². The highest BCUT2D eigenvalue weighted by atomic mass is 16.4. The molecule has 0 radical (unpaired) electrons. The minimum absolute atomic E-state index is 0.221. The molecule has 0 spiro atoms. The highest BCUT2D eigenvalue weighted by Gasteiger charge is 2.27. The predicted octanol–water partition coefficient (Wildman–Crippen LogP) is 1.94. The van der Waals surface area contributed by atoms with E-state index in [1.54, 1.807) is 11.1 Å². The van der Waals surface area contributed by atoms with E-state index in [2.05, 4.69) is 10.4 Å². The van der Waals surface area contributed by atoms with Crippen molar-refractivity contribution in [1.29, 1.82) is 0 Å². The third-order valence-electron chi connectivity index (χ3n) is 4.38. The van der Waals surface area contributed by atoms with Crippen molar-refractivity contribution in [1.82, 2.24) is 20.0 Å². The second-order valence-corrected chi connectivity index (χ2v) is 6.31. The standard InChI is InChI=1S/C18H22N4O3/c23-17(24)16-7-4-8-21(13-16)18(25)19-9-15-10-20-22(12-15)11-14-5-2-1-3-6-14/h1-3,5-6,10,12,16H,4,7-9,11,13H2,(H,19,25)(H,23,24). The summed E-state index contributed by atoms with van der Waals surface area (Å²) >= 11 is 0. The molecule has 0 aliphatic carbocycles. The summed E-state index contributed by atoms with van der Waals surface area (Å²) in [4.78, 5) is 24.9. The molecule has 0 bridgehead atoms. The molecule has 2 heterocycles. The van der Waals surface area contributed by atoms with Gasteiger partial charge in [-0.15, -0.1) is 0 Å². The van der Waals surface area contributed by atoms with Crippen LogP contribution in [0.25, 0.3) is 0 Å². The fraction of sp³-hybridized carbons (Fsp3) is 0.389. The van der Waals surface area contributed by atoms with E-state index < -0.39 is 11.9 Å². The minimum Gasteiger partial charge on any atom is -0.481 e. The Bertz CT molecular complexity index is 729. The molecular formula is C18H22N4O3. The van der Waals surface area contributed by atoms with Crippen LogP contribution in [0, 0.1) is 5.92 Å². The Kier molecular flexibility index (Phi) is 5.33. The molecule has 1 saturated heterocycles. The predicted molar refractivity (Wildman–Crippen MR) is 91.9 cm³/mol. The molecule has 25 heavy (non-hydrogen) atoms. The zero-order chi connectivity index (χ0) is 17.6. The van der Waals surface area contributed by atoms with Gasteiger partial charge in [0.25, 0.3) is 0 Å². The molecule has 1 aliphatic rings. The summed E-state index contributed by atoms with van der Waals surface area (Å²) in [5, 5.41) is 16.3. The first-order valence-corrected chi connectivity index (χ1v) is 8.42. The van der Waals surface area contributed by atoms with Gasteiger partial charge in [0.1, 0.15) is 0 Å². The number of nitrogens with one attached hydrogen (secondary N) is 1. The fourth-order valence-corrected chi connectivity index (χ4v) is 3.01. The van der Waals surface area contributed by atoms with E-state index in [-0.39, 0.29) is 12.6 Å². The maximum Gasteiger partial charge on any atom is 0.317 e. The third kappa shape index (κ3) is 4.59. The lowest BCUT2D eigenvalue weighted by atomic mass is 9.99. The lowest BCUT2D eigenvalue weighted by Gasteiger charge is -2.30. The first-order chi connectivity index (χ1) is 12.1. The van der Waals surface area contributed by atoms with Gasteiger partial charge in [-0.1, -0.05) is 30.3 Å². The number of hydrogen-bond donors (Lipinski definition) is 2. The van der Waals surface area contributed by atoms with Crippen LogP contribution in [0.4, 0.5) is 4.79 Å². The van der Waals surface area contributed by atoms with Gasteiger partial charge in [0.05, 0.1) is 18.7 Å². The van der Waals surface area contributed by atoms with Crippen LogP contribution in [0.1, 0.15) is 24.0 Å². The number of carbonyl (C=O) groups excluding carboxylic acids is 1. The molecule has 1 aliphatic heterocycles. The summed E-state index contributed by atoms with van der Waals surface area (Å²) in [6.45, 7) is 1.93. The number of nitrogens with zero attached hydrogens (tertiary/aromatic N) is 3. The molecule has 2 aromatic rings. The van der Waals surface area contributed by atoms with Gasteiger partial charge in [0, 0.05) is 31.4 Å². The molecule has 3 rings (SSSR count). The maximum atomic E-state index is 12.2. The number of benzene rings is 1. The third-order valence-corrected chi connectivity index (χ3v) is 4.38. The number of hydrogen-bond acceptors (Lipinski definition) is 3. The summed E-state index contributed by atoms with van der Waals surface area (Å²) in [5.74, 6) is -1.30. The van der Waals surface area contributed by atoms with Crippen LogP contribution in [-0.4, -0.2) is 44.9 Å². The second-order valence-electron chi connectivity index (χ2n) is 6.31. The Labute approximate surface area is 146 Å². The highest BCUT2D eigenvalue weighted by molar-refractivity contribution is 5.76. The summed E-state index contributed by atoms with van der Waals surface area (Å²) < 4.78 is 1.83. The molecule has 132 valence electrons. The number of aliphatic carboxylic acids is 1. The van der Waals surface area contributed by atoms with E-state index in [4.69, 9.17) is 5.11 Å². The van der Waals surface area contributed by atoms with E-state index in [0.717, 1.165) is 17.5 Å². The Morgan fingerprint density at radius 1 is 1.24 bits per heavy atom. The van der Waals surface area contributed by atoms with Gasteiger partial charge in [0.15, 0.2) is 0 Å². The largest absolute Gasteiger partial charge is 0.481 e. The number of aromatic nitrogens is 2. The van der Waals surface area contributed by atoms with Gasteiger partial charge in [-0.2, -0.15) is 5.10 Å². The van der Waals surface area contributed by atoms with Crippen LogP contribution < -0.4 is 5.32 Å². The number of piperidine rings is 1. The normalized spacial score (nSPS) is 17.3. The van der Waals surface area contributed by atoms with Crippen molar-refractivity contribution < 1.29 is 14.7 Å². The van der Waals surface area contributed by atoms with E-state index in [1.807, 2.05) is 41.2 Å². The van der Waals surface area contributed by atoms with Crippen molar-refractivity contribution >= 4 is 12.0 Å². The molecule has 7 heteroatoms. The Morgan fingerprint density at radius 3 is 2.80 bits per heavy atom. The van der Waals surface area contributed by atoms with Crippen LogP contribution in [0.3, 0.4) is 0 Å². The van der Waals surface area contributed by atoms with Gasteiger partial charge in [-0.3, -0.25) is 9.48 Å². The smallest absolute Gasteiger partial charge is 0.317 e. The van der Waals surface area contributed by atoms with E-state index in [0.29, 0.717) is 26.1 Å². The average Bonchev–Trinajstić information content (AvgIpc) is 3.08. The Morgan fingerprint density at radius 2 is 2.04 bits per heavy atom. The lowest BCUT2D eigenvalue weighted by molar-refractivity contribution is -0.143. The van der Waals surface area contributed by atoms with Crippen molar-refractivity contribution in [3.8, 4) is 0 Å². The maximum absolute atomic E-state index is 12.2. The van der Waals surface area contributed by atoms with Crippen molar-refractivity contribution in [3.05, 3.63) is 53.9 Å². The van der Waals surface area contributed by atoms with Crippen LogP contribution in [-0.2, 0) is 17.9 Å². The van der Waals surface area contributed by atoms with Crippen molar-refractivity contribution in [3.63, 3.8) is 0 Å². The second kappa shape index (κ2) is 7.83. The zero-order valence-electron chi connectivity index (χ0n) is 14.0. The SMILES string of the molecule is O=C(O)C1CCCN(C(=O)NCc2cnn(Cc3ccccc3)c2)C1. The fourth-order valence-electron chi connectivity index (χ4n) is 3.01. The highest BCUT2D eigenvalue weighted by Crippen LogP contribution is 2.16. The van der Waals surface area contributed by atoms with Gasteiger partial charge in [0.2, 0.25) is 0 Å². The van der Waals surface area contributed by atoms with Crippen LogP contribution in [0.2, 0.25) is 0 Å². The van der Waals surface area contributed by atoms with E-state index >= 15 is 0 Å². The van der Waals surface area contributed by atoms with Crippen LogP contribution >= 0.6 is 0 Å². The first-order valence-electron chi connectivity index (χ1n) is 8.42. The molecule has 1 unspecified atom stereocenters. The summed E-state index contributed by atoms with van der Waals surface area (Å²) in [7, 11) is 0. The quantitative estimate of drug-likeness (QED) is 0.869. The number of carboxylic acid groups (broad SMARTS) is 1. The molecule has 1 aromatic heterocycles. The zero-order valence-corrected chi connectivity index (χ0v) is 14.0. The Hall–Kier alpha value is -2.83. The number of rotatable bonds is 5. The van der Waals surface area contributed by atoms with Crippen LogP contribution in [0.15, 0.2) is 42.7 Å². The molecule has 2 amide bonds. The van der Waals surface area contributed by atoms with E-state index in [1.165, 1.54) is 0 Å². The number of urea groups is 1. The number of likely N-dealkylation sites (tertiary alicyclic amines) is 1. The number of carboxylic acids is 1. The summed E-state index contributed by atoms with van der Waals surface area (Å²) in [6, 6.07) is 9.81. The van der Waals surface area contributed by atoms with E-state index in [9.17, 15) is 9.59 Å². The van der Waals surface area contributed by atoms with Gasteiger partial charge in [-0.25, -0.2) is 4.79 Å². The van der Waals surface area contributed by atoms with Gasteiger partial charge < -0.3 is 15.3 Å². The first kappa shape index (κ1) is 17.0. The van der Waals surface area contributed by atoms with Gasteiger partial charge >= 0.3 is 12.0 Å². The topological polar surface area (TPSA) is 87.5 Å². The molecule has 1 fully saturated rings. The van der Waals surface area contributed by atoms with Crippen molar-refractivity contribution in [2.24, 2.45) is 5.92 Å². The summed E-state index contributed by atoms with van der Waals surface area (Å²) in [5.41, 5.74) is 2.07. The van der Waals surface area contributed by atoms with Crippen molar-refractivity contribution in [2.45, 2.75) is 25.9 Å². The molecule has 7 nitrogen and oxygen atoms in total. The van der Waals surface area contributed by atoms with Gasteiger partial charge in [-0.05, 0) is 18.4 Å². The molecule has 1 atom stereocenters. The molecule has 1 aromatic carbocycles. The number of amides is 2. The average molecular weight is 342 g/mol. The molecule has 2 N–H and O–H groups in total. The van der Waals surface area contributed by atoms with Crippen molar-refractivity contribution in [2.75, 3.05) is 13.1 Å². The summed E-state index contributed by atoms with van der Waals surface area (Å²) in [6.07, 6.45) is 4.99. The monoisotopic (exact) mass is 342 g/mol.